The lowest BCUT2D eigenvalue weighted by Crippen LogP contribution is -2.48. The smallest absolute Gasteiger partial charge is 0.242 e. The second-order valence-corrected chi connectivity index (χ2v) is 8.14. The van der Waals surface area contributed by atoms with Gasteiger partial charge in [0.1, 0.15) is 11.9 Å². The lowest BCUT2D eigenvalue weighted by Gasteiger charge is -2.30. The maximum atomic E-state index is 13.8. The van der Waals surface area contributed by atoms with Gasteiger partial charge in [-0.15, -0.1) is 11.8 Å². The number of amides is 2. The van der Waals surface area contributed by atoms with Gasteiger partial charge in [-0.3, -0.25) is 9.59 Å². The minimum Gasteiger partial charge on any atom is -0.357 e. The predicted molar refractivity (Wildman–Crippen MR) is 118 cm³/mol. The van der Waals surface area contributed by atoms with E-state index in [2.05, 4.69) is 5.32 Å². The van der Waals surface area contributed by atoms with Gasteiger partial charge in [0.05, 0.1) is 5.75 Å². The average Bonchev–Trinajstić information content (AvgIpc) is 2.71. The standard InChI is InChI=1S/C21H23Cl2FN2O2S/c1-3-19(21(28)25-2)26(11-15-16(22)8-6-9-17(15)23)20(27)13-29-12-14-7-4-5-10-18(14)24/h4-10,19H,3,11-13H2,1-2H3,(H,25,28). The van der Waals surface area contributed by atoms with Crippen molar-refractivity contribution in [3.05, 3.63) is 69.5 Å². The highest BCUT2D eigenvalue weighted by Gasteiger charge is 2.29. The quantitative estimate of drug-likeness (QED) is 0.582. The second-order valence-electron chi connectivity index (χ2n) is 6.34. The molecule has 0 radical (unpaired) electrons. The van der Waals surface area contributed by atoms with Crippen LogP contribution < -0.4 is 5.32 Å². The number of likely N-dealkylation sites (N-methyl/N-ethyl adjacent to an activating group) is 1. The summed E-state index contributed by atoms with van der Waals surface area (Å²) in [6.07, 6.45) is 0.436. The summed E-state index contributed by atoms with van der Waals surface area (Å²) in [7, 11) is 1.53. The number of benzene rings is 2. The van der Waals surface area contributed by atoms with Crippen LogP contribution in [0.4, 0.5) is 4.39 Å². The first-order chi connectivity index (χ1) is 13.9. The van der Waals surface area contributed by atoms with Gasteiger partial charge in [0.15, 0.2) is 0 Å². The van der Waals surface area contributed by atoms with E-state index in [0.717, 1.165) is 0 Å². The maximum Gasteiger partial charge on any atom is 0.242 e. The Morgan fingerprint density at radius 1 is 1.14 bits per heavy atom. The fourth-order valence-corrected chi connectivity index (χ4v) is 4.30. The molecule has 0 aliphatic carbocycles. The van der Waals surface area contributed by atoms with Crippen LogP contribution in [0.15, 0.2) is 42.5 Å². The first kappa shape index (κ1) is 23.5. The number of nitrogens with one attached hydrogen (secondary N) is 1. The highest BCUT2D eigenvalue weighted by atomic mass is 35.5. The molecule has 0 aliphatic heterocycles. The summed E-state index contributed by atoms with van der Waals surface area (Å²) in [5.41, 5.74) is 1.12. The van der Waals surface area contributed by atoms with E-state index < -0.39 is 6.04 Å². The molecule has 8 heteroatoms. The topological polar surface area (TPSA) is 49.4 Å². The zero-order valence-electron chi connectivity index (χ0n) is 16.3. The van der Waals surface area contributed by atoms with Crippen molar-refractivity contribution in [3.8, 4) is 0 Å². The van der Waals surface area contributed by atoms with Gasteiger partial charge in [0.25, 0.3) is 0 Å². The number of rotatable bonds is 9. The van der Waals surface area contributed by atoms with Gasteiger partial charge in [-0.25, -0.2) is 4.39 Å². The number of carbonyl (C=O) groups is 2. The van der Waals surface area contributed by atoms with Gasteiger partial charge < -0.3 is 10.2 Å². The number of carbonyl (C=O) groups excluding carboxylic acids is 2. The molecule has 0 saturated heterocycles. The average molecular weight is 457 g/mol. The molecule has 4 nitrogen and oxygen atoms in total. The van der Waals surface area contributed by atoms with Crippen LogP contribution >= 0.6 is 35.0 Å². The molecule has 156 valence electrons. The van der Waals surface area contributed by atoms with Gasteiger partial charge in [-0.05, 0) is 30.2 Å². The van der Waals surface area contributed by atoms with Crippen molar-refractivity contribution >= 4 is 46.8 Å². The van der Waals surface area contributed by atoms with E-state index in [1.807, 2.05) is 6.92 Å². The number of thioether (sulfide) groups is 1. The van der Waals surface area contributed by atoms with Gasteiger partial charge in [0, 0.05) is 35.0 Å². The molecule has 1 atom stereocenters. The fraction of sp³-hybridized carbons (Fsp3) is 0.333. The Morgan fingerprint density at radius 2 is 1.79 bits per heavy atom. The molecular formula is C21H23Cl2FN2O2S. The summed E-state index contributed by atoms with van der Waals surface area (Å²) in [6.45, 7) is 1.95. The molecule has 0 saturated carbocycles. The number of hydrogen-bond donors (Lipinski definition) is 1. The third kappa shape index (κ3) is 6.36. The molecule has 0 bridgehead atoms. The van der Waals surface area contributed by atoms with E-state index >= 15 is 0 Å². The zero-order chi connectivity index (χ0) is 21.4. The Labute approximate surface area is 184 Å². The molecule has 2 amide bonds. The van der Waals surface area contributed by atoms with E-state index in [9.17, 15) is 14.0 Å². The van der Waals surface area contributed by atoms with Crippen molar-refractivity contribution in [2.75, 3.05) is 12.8 Å². The molecule has 0 aliphatic rings. The molecule has 0 aromatic heterocycles. The van der Waals surface area contributed by atoms with E-state index in [0.29, 0.717) is 33.3 Å². The van der Waals surface area contributed by atoms with Crippen LogP contribution in [0, 0.1) is 5.82 Å². The van der Waals surface area contributed by atoms with Crippen LogP contribution in [0.2, 0.25) is 10.0 Å². The molecule has 2 aromatic rings. The van der Waals surface area contributed by atoms with Crippen LogP contribution in [-0.2, 0) is 21.9 Å². The molecule has 0 fully saturated rings. The lowest BCUT2D eigenvalue weighted by molar-refractivity contribution is -0.139. The summed E-state index contributed by atoms with van der Waals surface area (Å²) in [5.74, 6) is -0.343. The Balaban J connectivity index is 2.18. The third-order valence-electron chi connectivity index (χ3n) is 4.46. The lowest BCUT2D eigenvalue weighted by atomic mass is 10.1. The molecule has 2 rings (SSSR count). The molecule has 1 unspecified atom stereocenters. The maximum absolute atomic E-state index is 13.8. The fourth-order valence-electron chi connectivity index (χ4n) is 2.89. The zero-order valence-corrected chi connectivity index (χ0v) is 18.6. The van der Waals surface area contributed by atoms with E-state index in [1.165, 1.54) is 29.8 Å². The Hall–Kier alpha value is -1.76. The first-order valence-corrected chi connectivity index (χ1v) is 11.0. The molecular weight excluding hydrogens is 434 g/mol. The summed E-state index contributed by atoms with van der Waals surface area (Å²) in [4.78, 5) is 26.9. The second kappa shape index (κ2) is 11.4. The summed E-state index contributed by atoms with van der Waals surface area (Å²) < 4.78 is 13.8. The highest BCUT2D eigenvalue weighted by Crippen LogP contribution is 2.27. The summed E-state index contributed by atoms with van der Waals surface area (Å²) in [6, 6.07) is 10.9. The number of hydrogen-bond acceptors (Lipinski definition) is 3. The third-order valence-corrected chi connectivity index (χ3v) is 6.14. The van der Waals surface area contributed by atoms with Crippen LogP contribution in [-0.4, -0.2) is 35.6 Å². The van der Waals surface area contributed by atoms with E-state index in [1.54, 1.807) is 36.4 Å². The molecule has 0 heterocycles. The summed E-state index contributed by atoms with van der Waals surface area (Å²) in [5, 5.41) is 3.46. The van der Waals surface area contributed by atoms with Crippen molar-refractivity contribution in [2.45, 2.75) is 31.7 Å². The number of halogens is 3. The first-order valence-electron chi connectivity index (χ1n) is 9.14. The Bertz CT molecular complexity index is 846. The minimum absolute atomic E-state index is 0.101. The Kier molecular flexibility index (Phi) is 9.27. The Morgan fingerprint density at radius 3 is 2.38 bits per heavy atom. The number of nitrogens with zero attached hydrogens (tertiary/aromatic N) is 1. The molecule has 1 N–H and O–H groups in total. The molecule has 29 heavy (non-hydrogen) atoms. The van der Waals surface area contributed by atoms with Crippen molar-refractivity contribution in [1.82, 2.24) is 10.2 Å². The van der Waals surface area contributed by atoms with Crippen LogP contribution in [0.1, 0.15) is 24.5 Å². The van der Waals surface area contributed by atoms with Crippen molar-refractivity contribution in [3.63, 3.8) is 0 Å². The normalized spacial score (nSPS) is 11.8. The van der Waals surface area contributed by atoms with Gasteiger partial charge in [-0.2, -0.15) is 0 Å². The largest absolute Gasteiger partial charge is 0.357 e. The minimum atomic E-state index is -0.658. The summed E-state index contributed by atoms with van der Waals surface area (Å²) >= 11 is 13.8. The SMILES string of the molecule is CCC(C(=O)NC)N(Cc1c(Cl)cccc1Cl)C(=O)CSCc1ccccc1F. The van der Waals surface area contributed by atoms with E-state index in [4.69, 9.17) is 23.2 Å². The monoisotopic (exact) mass is 456 g/mol. The molecule has 0 spiro atoms. The van der Waals surface area contributed by atoms with Crippen LogP contribution in [0.25, 0.3) is 0 Å². The van der Waals surface area contributed by atoms with Gasteiger partial charge in [-0.1, -0.05) is 54.4 Å². The molecule has 2 aromatic carbocycles. The van der Waals surface area contributed by atoms with Crippen molar-refractivity contribution in [2.24, 2.45) is 0 Å². The van der Waals surface area contributed by atoms with Gasteiger partial charge in [0.2, 0.25) is 11.8 Å². The highest BCUT2D eigenvalue weighted by molar-refractivity contribution is 7.99. The van der Waals surface area contributed by atoms with E-state index in [-0.39, 0.29) is 29.9 Å². The van der Waals surface area contributed by atoms with Crippen LogP contribution in [0.3, 0.4) is 0 Å². The van der Waals surface area contributed by atoms with Crippen LogP contribution in [0.5, 0.6) is 0 Å². The van der Waals surface area contributed by atoms with Crippen molar-refractivity contribution < 1.29 is 14.0 Å². The predicted octanol–water partition coefficient (Wildman–Crippen LogP) is 4.92. The van der Waals surface area contributed by atoms with Gasteiger partial charge >= 0.3 is 0 Å². The van der Waals surface area contributed by atoms with Crippen molar-refractivity contribution in [1.29, 1.82) is 0 Å².